The number of methoxy groups -OCH3 is 1. The fraction of sp³-hybridized carbons (Fsp3) is 0.500. The second-order valence-electron chi connectivity index (χ2n) is 7.07. The molecule has 1 aromatic heterocycles. The predicted molar refractivity (Wildman–Crippen MR) is 113 cm³/mol. The normalized spacial score (nSPS) is 17.6. The average Bonchev–Trinajstić information content (AvgIpc) is 3.41. The highest BCUT2D eigenvalue weighted by Gasteiger charge is 2.22. The van der Waals surface area contributed by atoms with E-state index in [0.717, 1.165) is 49.1 Å². The summed E-state index contributed by atoms with van der Waals surface area (Å²) in [6, 6.07) is 12.6. The van der Waals surface area contributed by atoms with Crippen LogP contribution in [0.3, 0.4) is 0 Å². The molecule has 6 heteroatoms. The van der Waals surface area contributed by atoms with E-state index in [2.05, 4.69) is 34.6 Å². The molecule has 0 bridgehead atoms. The number of hydrogen-bond donors (Lipinski definition) is 2. The van der Waals surface area contributed by atoms with E-state index in [1.165, 1.54) is 19.4 Å². The van der Waals surface area contributed by atoms with Gasteiger partial charge in [0.05, 0.1) is 19.9 Å². The van der Waals surface area contributed by atoms with Gasteiger partial charge in [0.25, 0.3) is 0 Å². The van der Waals surface area contributed by atoms with Crippen LogP contribution in [-0.4, -0.2) is 50.2 Å². The van der Waals surface area contributed by atoms with Gasteiger partial charge >= 0.3 is 0 Å². The number of ether oxygens (including phenoxy) is 1. The van der Waals surface area contributed by atoms with Crippen molar-refractivity contribution in [2.75, 3.05) is 33.3 Å². The molecule has 0 spiro atoms. The molecule has 1 aromatic carbocycles. The first kappa shape index (κ1) is 20.3. The summed E-state index contributed by atoms with van der Waals surface area (Å²) in [4.78, 5) is 7.32. The van der Waals surface area contributed by atoms with Gasteiger partial charge in [-0.05, 0) is 55.8 Å². The third kappa shape index (κ3) is 6.02. The zero-order valence-electron chi connectivity index (χ0n) is 17.0. The average molecular weight is 385 g/mol. The largest absolute Gasteiger partial charge is 0.497 e. The minimum atomic E-state index is 0.586. The lowest BCUT2D eigenvalue weighted by Gasteiger charge is -2.24. The molecule has 2 aromatic rings. The van der Waals surface area contributed by atoms with Crippen LogP contribution in [0.4, 0.5) is 0 Å². The minimum absolute atomic E-state index is 0.586. The van der Waals surface area contributed by atoms with Gasteiger partial charge in [0, 0.05) is 25.6 Å². The zero-order valence-corrected chi connectivity index (χ0v) is 17.0. The zero-order chi connectivity index (χ0) is 19.6. The summed E-state index contributed by atoms with van der Waals surface area (Å²) in [5.41, 5.74) is 1.16. The predicted octanol–water partition coefficient (Wildman–Crippen LogP) is 3.05. The molecule has 6 nitrogen and oxygen atoms in total. The van der Waals surface area contributed by atoms with Gasteiger partial charge in [0.15, 0.2) is 5.96 Å². The fourth-order valence-electron chi connectivity index (χ4n) is 3.59. The lowest BCUT2D eigenvalue weighted by molar-refractivity contribution is 0.267. The maximum Gasteiger partial charge on any atom is 0.191 e. The van der Waals surface area contributed by atoms with Crippen LogP contribution in [-0.2, 0) is 13.0 Å². The first-order valence-corrected chi connectivity index (χ1v) is 10.2. The van der Waals surface area contributed by atoms with E-state index >= 15 is 0 Å². The third-order valence-electron chi connectivity index (χ3n) is 5.23. The van der Waals surface area contributed by atoms with E-state index in [4.69, 9.17) is 14.1 Å². The Labute approximate surface area is 168 Å². The lowest BCUT2D eigenvalue weighted by Crippen LogP contribution is -2.45. The Bertz CT molecular complexity index is 713. The molecule has 2 heterocycles. The van der Waals surface area contributed by atoms with Crippen molar-refractivity contribution in [1.82, 2.24) is 15.5 Å². The number of rotatable bonds is 9. The lowest BCUT2D eigenvalue weighted by atomic mass is 10.2. The van der Waals surface area contributed by atoms with Crippen LogP contribution in [0.25, 0.3) is 0 Å². The molecule has 152 valence electrons. The smallest absolute Gasteiger partial charge is 0.191 e. The van der Waals surface area contributed by atoms with E-state index < -0.39 is 0 Å². The van der Waals surface area contributed by atoms with Crippen molar-refractivity contribution in [3.63, 3.8) is 0 Å². The van der Waals surface area contributed by atoms with Crippen LogP contribution >= 0.6 is 0 Å². The molecular weight excluding hydrogens is 352 g/mol. The molecule has 0 amide bonds. The second-order valence-corrected chi connectivity index (χ2v) is 7.07. The monoisotopic (exact) mass is 384 g/mol. The van der Waals surface area contributed by atoms with Crippen LogP contribution in [0.5, 0.6) is 5.75 Å². The molecule has 1 aliphatic heterocycles. The summed E-state index contributed by atoms with van der Waals surface area (Å²) in [6.45, 7) is 6.87. The van der Waals surface area contributed by atoms with Crippen molar-refractivity contribution >= 4 is 5.96 Å². The molecule has 2 N–H and O–H groups in total. The minimum Gasteiger partial charge on any atom is -0.497 e. The van der Waals surface area contributed by atoms with Crippen molar-refractivity contribution in [1.29, 1.82) is 0 Å². The SMILES string of the molecule is CCN1CCCC1CNC(=NCc1ccc(OC)cc1)NCCc1ccco1. The van der Waals surface area contributed by atoms with Crippen molar-refractivity contribution in [3.05, 3.63) is 54.0 Å². The van der Waals surface area contributed by atoms with Crippen LogP contribution in [0.15, 0.2) is 52.1 Å². The number of benzene rings is 1. The highest BCUT2D eigenvalue weighted by molar-refractivity contribution is 5.79. The van der Waals surface area contributed by atoms with Gasteiger partial charge in [0.2, 0.25) is 0 Å². The first-order valence-electron chi connectivity index (χ1n) is 10.2. The molecule has 0 saturated carbocycles. The Morgan fingerprint density at radius 2 is 2.11 bits per heavy atom. The molecule has 28 heavy (non-hydrogen) atoms. The van der Waals surface area contributed by atoms with E-state index in [1.807, 2.05) is 24.3 Å². The molecule has 1 atom stereocenters. The number of guanidine groups is 1. The van der Waals surface area contributed by atoms with Crippen molar-refractivity contribution < 1.29 is 9.15 Å². The van der Waals surface area contributed by atoms with Gasteiger partial charge in [0.1, 0.15) is 11.5 Å². The van der Waals surface area contributed by atoms with E-state index in [-0.39, 0.29) is 0 Å². The molecule has 1 fully saturated rings. The summed E-state index contributed by atoms with van der Waals surface area (Å²) < 4.78 is 10.6. The standard InChI is InChI=1S/C22H32N4O2/c1-3-26-14-4-6-19(26)17-25-22(23-13-12-21-7-5-15-28-21)24-16-18-8-10-20(27-2)11-9-18/h5,7-11,15,19H,3-4,6,12-14,16-17H2,1-2H3,(H2,23,24,25). The summed E-state index contributed by atoms with van der Waals surface area (Å²) in [5, 5.41) is 6.98. The van der Waals surface area contributed by atoms with Crippen LogP contribution in [0.2, 0.25) is 0 Å². The van der Waals surface area contributed by atoms with Crippen molar-refractivity contribution in [2.45, 2.75) is 38.8 Å². The Morgan fingerprint density at radius 1 is 1.25 bits per heavy atom. The van der Waals surface area contributed by atoms with E-state index in [9.17, 15) is 0 Å². The summed E-state index contributed by atoms with van der Waals surface area (Å²) in [6.07, 6.45) is 5.08. The van der Waals surface area contributed by atoms with Crippen LogP contribution in [0, 0.1) is 0 Å². The van der Waals surface area contributed by atoms with Gasteiger partial charge in [-0.2, -0.15) is 0 Å². The summed E-state index contributed by atoms with van der Waals surface area (Å²) in [5.74, 6) is 2.70. The molecule has 1 aliphatic rings. The maximum atomic E-state index is 5.42. The topological polar surface area (TPSA) is 62.0 Å². The Kier molecular flexibility index (Phi) is 7.79. The van der Waals surface area contributed by atoms with Crippen molar-refractivity contribution in [2.24, 2.45) is 4.99 Å². The van der Waals surface area contributed by atoms with E-state index in [1.54, 1.807) is 13.4 Å². The Balaban J connectivity index is 1.56. The quantitative estimate of drug-likeness (QED) is 0.514. The Morgan fingerprint density at radius 3 is 2.82 bits per heavy atom. The number of likely N-dealkylation sites (tertiary alicyclic amines) is 1. The number of nitrogens with zero attached hydrogens (tertiary/aromatic N) is 2. The van der Waals surface area contributed by atoms with Gasteiger partial charge in [-0.15, -0.1) is 0 Å². The molecule has 3 rings (SSSR count). The summed E-state index contributed by atoms with van der Waals surface area (Å²) >= 11 is 0. The molecule has 1 unspecified atom stereocenters. The fourth-order valence-corrected chi connectivity index (χ4v) is 3.59. The van der Waals surface area contributed by atoms with Gasteiger partial charge in [-0.1, -0.05) is 19.1 Å². The molecular formula is C22H32N4O2. The van der Waals surface area contributed by atoms with Gasteiger partial charge < -0.3 is 19.8 Å². The second kappa shape index (κ2) is 10.8. The Hall–Kier alpha value is -2.47. The number of likely N-dealkylation sites (N-methyl/N-ethyl adjacent to an activating group) is 1. The molecule has 0 radical (unpaired) electrons. The number of furan rings is 1. The maximum absolute atomic E-state index is 5.42. The highest BCUT2D eigenvalue weighted by Crippen LogP contribution is 2.15. The van der Waals surface area contributed by atoms with Crippen molar-refractivity contribution in [3.8, 4) is 5.75 Å². The van der Waals surface area contributed by atoms with Gasteiger partial charge in [-0.3, -0.25) is 4.90 Å². The third-order valence-corrected chi connectivity index (χ3v) is 5.23. The molecule has 1 saturated heterocycles. The molecule has 0 aliphatic carbocycles. The summed E-state index contributed by atoms with van der Waals surface area (Å²) in [7, 11) is 1.68. The number of nitrogens with one attached hydrogen (secondary N) is 2. The van der Waals surface area contributed by atoms with Crippen LogP contribution < -0.4 is 15.4 Å². The highest BCUT2D eigenvalue weighted by atomic mass is 16.5. The van der Waals surface area contributed by atoms with Gasteiger partial charge in [-0.25, -0.2) is 4.99 Å². The number of aliphatic imine (C=N–C) groups is 1. The first-order chi connectivity index (χ1) is 13.8. The number of hydrogen-bond acceptors (Lipinski definition) is 4. The van der Waals surface area contributed by atoms with Crippen LogP contribution in [0.1, 0.15) is 31.1 Å². The van der Waals surface area contributed by atoms with E-state index in [0.29, 0.717) is 12.6 Å².